The van der Waals surface area contributed by atoms with Gasteiger partial charge in [0.2, 0.25) is 5.91 Å². The van der Waals surface area contributed by atoms with Crippen LogP contribution < -0.4 is 10.6 Å². The van der Waals surface area contributed by atoms with Crippen LogP contribution in [0.25, 0.3) is 0 Å². The van der Waals surface area contributed by atoms with Gasteiger partial charge in [-0.3, -0.25) is 14.5 Å². The zero-order valence-electron chi connectivity index (χ0n) is 17.1. The summed E-state index contributed by atoms with van der Waals surface area (Å²) < 4.78 is 23.1. The third-order valence-electron chi connectivity index (χ3n) is 5.77. The molecule has 2 aliphatic rings. The summed E-state index contributed by atoms with van der Waals surface area (Å²) in [7, 11) is -3.34. The van der Waals surface area contributed by atoms with Crippen molar-refractivity contribution in [3.8, 4) is 0 Å². The van der Waals surface area contributed by atoms with Crippen LogP contribution in [0.2, 0.25) is 0 Å². The van der Waals surface area contributed by atoms with Crippen molar-refractivity contribution in [1.29, 1.82) is 0 Å². The number of amides is 4. The summed E-state index contributed by atoms with van der Waals surface area (Å²) in [6.45, 7) is -0.428. The quantitative estimate of drug-likeness (QED) is 0.707. The minimum Gasteiger partial charge on any atom is -0.325 e. The van der Waals surface area contributed by atoms with Crippen molar-refractivity contribution >= 4 is 33.4 Å². The molecule has 31 heavy (non-hydrogen) atoms. The van der Waals surface area contributed by atoms with E-state index in [0.717, 1.165) is 41.5 Å². The molecule has 4 amide bonds. The Labute approximate surface area is 180 Å². The van der Waals surface area contributed by atoms with Crippen LogP contribution in [0.1, 0.15) is 30.4 Å². The Balaban J connectivity index is 1.52. The van der Waals surface area contributed by atoms with Crippen molar-refractivity contribution < 1.29 is 22.8 Å². The number of nitrogens with zero attached hydrogens (tertiary/aromatic N) is 1. The molecule has 9 heteroatoms. The Kier molecular flexibility index (Phi) is 5.30. The lowest BCUT2D eigenvalue weighted by Crippen LogP contribution is -2.44. The number of carbonyl (C=O) groups excluding carboxylic acids is 3. The molecule has 1 aliphatic carbocycles. The number of fused-ring (bicyclic) bond motifs is 2. The minimum atomic E-state index is -3.34. The second-order valence-corrected chi connectivity index (χ2v) is 9.95. The molecular formula is C22H23N3O5S. The Hall–Kier alpha value is -3.20. The van der Waals surface area contributed by atoms with Gasteiger partial charge in [0, 0.05) is 11.9 Å². The number of imide groups is 1. The van der Waals surface area contributed by atoms with Crippen LogP contribution in [0.15, 0.2) is 53.4 Å². The van der Waals surface area contributed by atoms with Gasteiger partial charge >= 0.3 is 6.03 Å². The molecule has 0 saturated carbocycles. The van der Waals surface area contributed by atoms with Crippen LogP contribution in [0.5, 0.6) is 0 Å². The lowest BCUT2D eigenvalue weighted by molar-refractivity contribution is -0.134. The van der Waals surface area contributed by atoms with Crippen LogP contribution in [0.3, 0.4) is 0 Å². The van der Waals surface area contributed by atoms with Gasteiger partial charge in [0.05, 0.1) is 4.90 Å². The van der Waals surface area contributed by atoms with Crippen LogP contribution in [0, 0.1) is 0 Å². The van der Waals surface area contributed by atoms with E-state index in [-0.39, 0.29) is 4.90 Å². The first-order chi connectivity index (χ1) is 14.7. The second kappa shape index (κ2) is 7.81. The molecule has 1 heterocycles. The minimum absolute atomic E-state index is 0.133. The first-order valence-corrected chi connectivity index (χ1v) is 11.9. The summed E-state index contributed by atoms with van der Waals surface area (Å²) in [6.07, 6.45) is 4.13. The van der Waals surface area contributed by atoms with E-state index in [4.69, 9.17) is 0 Å². The number of carbonyl (C=O) groups is 3. The Morgan fingerprint density at radius 3 is 2.52 bits per heavy atom. The molecular weight excluding hydrogens is 418 g/mol. The van der Waals surface area contributed by atoms with Gasteiger partial charge in [-0.1, -0.05) is 24.3 Å². The monoisotopic (exact) mass is 441 g/mol. The molecule has 162 valence electrons. The second-order valence-electron chi connectivity index (χ2n) is 7.94. The van der Waals surface area contributed by atoms with E-state index in [0.29, 0.717) is 12.1 Å². The van der Waals surface area contributed by atoms with Gasteiger partial charge in [0.1, 0.15) is 12.1 Å². The number of sulfone groups is 1. The smallest absolute Gasteiger partial charge is 0.325 e. The summed E-state index contributed by atoms with van der Waals surface area (Å²) in [4.78, 5) is 39.6. The van der Waals surface area contributed by atoms with E-state index >= 15 is 0 Å². The number of nitrogens with one attached hydrogen (secondary N) is 2. The highest BCUT2D eigenvalue weighted by Gasteiger charge is 2.53. The van der Waals surface area contributed by atoms with Crippen molar-refractivity contribution in [2.24, 2.45) is 0 Å². The first-order valence-electron chi connectivity index (χ1n) is 10.0. The highest BCUT2D eigenvalue weighted by atomic mass is 32.2. The maximum Gasteiger partial charge on any atom is 0.325 e. The Bertz CT molecular complexity index is 1160. The maximum absolute atomic E-state index is 13.3. The Morgan fingerprint density at radius 1 is 1.10 bits per heavy atom. The average molecular weight is 442 g/mol. The lowest BCUT2D eigenvalue weighted by atomic mass is 9.84. The number of rotatable bonds is 4. The fraction of sp³-hybridized carbons (Fsp3) is 0.318. The fourth-order valence-corrected chi connectivity index (χ4v) is 4.88. The summed E-state index contributed by atoms with van der Waals surface area (Å²) in [5.41, 5.74) is 1.07. The topological polar surface area (TPSA) is 113 Å². The summed E-state index contributed by atoms with van der Waals surface area (Å²) in [5, 5.41) is 5.45. The van der Waals surface area contributed by atoms with Crippen LogP contribution in [0.4, 0.5) is 10.5 Å². The highest BCUT2D eigenvalue weighted by Crippen LogP contribution is 2.38. The lowest BCUT2D eigenvalue weighted by Gasteiger charge is -2.27. The molecule has 2 aromatic carbocycles. The zero-order valence-corrected chi connectivity index (χ0v) is 17.9. The van der Waals surface area contributed by atoms with E-state index < -0.39 is 39.8 Å². The number of hydrogen-bond donors (Lipinski definition) is 2. The fourth-order valence-electron chi connectivity index (χ4n) is 4.25. The van der Waals surface area contributed by atoms with Crippen LogP contribution in [-0.2, 0) is 31.4 Å². The van der Waals surface area contributed by atoms with E-state index in [9.17, 15) is 22.8 Å². The molecule has 2 N–H and O–H groups in total. The van der Waals surface area contributed by atoms with Crippen molar-refractivity contribution in [3.63, 3.8) is 0 Å². The molecule has 0 bridgehead atoms. The van der Waals surface area contributed by atoms with Crippen LogP contribution in [-0.4, -0.2) is 44.0 Å². The van der Waals surface area contributed by atoms with Gasteiger partial charge in [-0.05, 0) is 61.1 Å². The average Bonchev–Trinajstić information content (AvgIpc) is 2.87. The molecule has 1 saturated heterocycles. The maximum atomic E-state index is 13.3. The molecule has 2 aromatic rings. The van der Waals surface area contributed by atoms with E-state index in [1.807, 2.05) is 24.3 Å². The van der Waals surface area contributed by atoms with Crippen molar-refractivity contribution in [1.82, 2.24) is 10.2 Å². The number of hydrogen-bond acceptors (Lipinski definition) is 5. The van der Waals surface area contributed by atoms with Crippen LogP contribution >= 0.6 is 0 Å². The molecule has 0 aromatic heterocycles. The molecule has 0 radical (unpaired) electrons. The molecule has 1 atom stereocenters. The van der Waals surface area contributed by atoms with E-state index in [2.05, 4.69) is 10.6 Å². The van der Waals surface area contributed by atoms with Gasteiger partial charge < -0.3 is 10.6 Å². The predicted molar refractivity (Wildman–Crippen MR) is 114 cm³/mol. The molecule has 1 spiro atoms. The molecule has 1 aliphatic heterocycles. The van der Waals surface area contributed by atoms with Gasteiger partial charge in [-0.25, -0.2) is 13.2 Å². The number of anilines is 1. The number of urea groups is 1. The first kappa shape index (κ1) is 21.0. The largest absolute Gasteiger partial charge is 0.325 e. The summed E-state index contributed by atoms with van der Waals surface area (Å²) >= 11 is 0. The summed E-state index contributed by atoms with van der Waals surface area (Å²) in [6, 6.07) is 12.7. The molecule has 1 fully saturated rings. The normalized spacial score (nSPS) is 20.9. The van der Waals surface area contributed by atoms with Crippen molar-refractivity contribution in [2.45, 2.75) is 36.1 Å². The Morgan fingerprint density at radius 2 is 1.81 bits per heavy atom. The SMILES string of the molecule is CS(=O)(=O)c1ccc(NC(=O)CN2C(=O)NC3(CCCCc4ccccc43)C2=O)cc1. The van der Waals surface area contributed by atoms with Gasteiger partial charge in [-0.2, -0.15) is 0 Å². The third kappa shape index (κ3) is 3.93. The third-order valence-corrected chi connectivity index (χ3v) is 6.90. The zero-order chi connectivity index (χ0) is 22.2. The highest BCUT2D eigenvalue weighted by molar-refractivity contribution is 7.90. The van der Waals surface area contributed by atoms with E-state index in [1.165, 1.54) is 24.3 Å². The number of aryl methyl sites for hydroxylation is 1. The van der Waals surface area contributed by atoms with Gasteiger partial charge in [0.25, 0.3) is 5.91 Å². The molecule has 1 unspecified atom stereocenters. The van der Waals surface area contributed by atoms with Gasteiger partial charge in [0.15, 0.2) is 9.84 Å². The predicted octanol–water partition coefficient (Wildman–Crippen LogP) is 2.20. The molecule has 8 nitrogen and oxygen atoms in total. The molecule has 4 rings (SSSR count). The number of benzene rings is 2. The van der Waals surface area contributed by atoms with Gasteiger partial charge in [-0.15, -0.1) is 0 Å². The van der Waals surface area contributed by atoms with Crippen molar-refractivity contribution in [2.75, 3.05) is 18.1 Å². The standard InChI is InChI=1S/C22H23N3O5S/c1-31(29,30)17-11-9-16(10-12-17)23-19(26)14-25-20(27)22(24-21(25)28)13-5-4-7-15-6-2-3-8-18(15)22/h2-3,6,8-12H,4-5,7,13-14H2,1H3,(H,23,26)(H,24,28). The summed E-state index contributed by atoms with van der Waals surface area (Å²) in [5.74, 6) is -0.969. The van der Waals surface area contributed by atoms with Crippen molar-refractivity contribution in [3.05, 3.63) is 59.7 Å². The van der Waals surface area contributed by atoms with E-state index in [1.54, 1.807) is 0 Å².